The summed E-state index contributed by atoms with van der Waals surface area (Å²) in [5.74, 6) is 0.0259. The molecule has 0 aliphatic carbocycles. The van der Waals surface area contributed by atoms with Gasteiger partial charge < -0.3 is 15.4 Å². The molecule has 1 aromatic heterocycles. The molecule has 4 nitrogen and oxygen atoms in total. The molecule has 23 heavy (non-hydrogen) atoms. The molecule has 124 valence electrons. The van der Waals surface area contributed by atoms with Crippen LogP contribution in [0.2, 0.25) is 0 Å². The van der Waals surface area contributed by atoms with Gasteiger partial charge in [0.2, 0.25) is 5.91 Å². The number of H-pyrrole nitrogens is 1. The average Bonchev–Trinajstić information content (AvgIpc) is 3.00. The van der Waals surface area contributed by atoms with Gasteiger partial charge in [0.25, 0.3) is 0 Å². The summed E-state index contributed by atoms with van der Waals surface area (Å²) in [4.78, 5) is 15.2. The smallest absolute Gasteiger partial charge is 0.220 e. The zero-order chi connectivity index (χ0) is 16.7. The third-order valence-electron chi connectivity index (χ3n) is 4.69. The molecule has 0 aliphatic heterocycles. The number of fused-ring (bicyclic) bond motifs is 1. The van der Waals surface area contributed by atoms with Gasteiger partial charge in [-0.05, 0) is 30.9 Å². The zero-order valence-electron chi connectivity index (χ0n) is 13.8. The SMILES string of the molecule is C=C[C@@](CC)(CO)CCC(=O)NCCc1c[nH]c2ccccc12. The fraction of sp³-hybridized carbons (Fsp3) is 0.421. The van der Waals surface area contributed by atoms with E-state index in [1.807, 2.05) is 31.3 Å². The van der Waals surface area contributed by atoms with Crippen molar-refractivity contribution in [2.75, 3.05) is 13.2 Å². The maximum Gasteiger partial charge on any atom is 0.220 e. The first-order valence-corrected chi connectivity index (χ1v) is 8.20. The number of hydrogen-bond acceptors (Lipinski definition) is 2. The summed E-state index contributed by atoms with van der Waals surface area (Å²) in [7, 11) is 0. The van der Waals surface area contributed by atoms with Gasteiger partial charge in [-0.1, -0.05) is 31.2 Å². The molecule has 0 saturated heterocycles. The number of benzene rings is 1. The first-order chi connectivity index (χ1) is 11.1. The molecule has 0 aliphatic rings. The van der Waals surface area contributed by atoms with E-state index < -0.39 is 0 Å². The van der Waals surface area contributed by atoms with Crippen LogP contribution in [0.4, 0.5) is 0 Å². The topological polar surface area (TPSA) is 65.1 Å². The predicted molar refractivity (Wildman–Crippen MR) is 94.3 cm³/mol. The lowest BCUT2D eigenvalue weighted by molar-refractivity contribution is -0.121. The number of aliphatic hydroxyl groups excluding tert-OH is 1. The van der Waals surface area contributed by atoms with Crippen LogP contribution in [0.25, 0.3) is 10.9 Å². The van der Waals surface area contributed by atoms with Crippen LogP contribution in [-0.2, 0) is 11.2 Å². The minimum atomic E-state index is -0.339. The normalized spacial score (nSPS) is 13.7. The summed E-state index contributed by atoms with van der Waals surface area (Å²) in [6.07, 6.45) is 6.40. The van der Waals surface area contributed by atoms with Crippen LogP contribution < -0.4 is 5.32 Å². The Kier molecular flexibility index (Phi) is 5.99. The van der Waals surface area contributed by atoms with Gasteiger partial charge in [-0.2, -0.15) is 0 Å². The van der Waals surface area contributed by atoms with E-state index in [1.54, 1.807) is 6.08 Å². The van der Waals surface area contributed by atoms with Crippen LogP contribution in [0.3, 0.4) is 0 Å². The largest absolute Gasteiger partial charge is 0.395 e. The third kappa shape index (κ3) is 4.23. The van der Waals surface area contributed by atoms with Crippen molar-refractivity contribution in [3.05, 3.63) is 48.7 Å². The van der Waals surface area contributed by atoms with E-state index in [9.17, 15) is 9.90 Å². The summed E-state index contributed by atoms with van der Waals surface area (Å²) in [5, 5.41) is 13.7. The number of hydrogen-bond donors (Lipinski definition) is 3. The Balaban J connectivity index is 1.80. The Morgan fingerprint density at radius 3 is 2.91 bits per heavy atom. The second-order valence-corrected chi connectivity index (χ2v) is 6.04. The number of carbonyl (C=O) groups is 1. The number of amides is 1. The quantitative estimate of drug-likeness (QED) is 0.622. The van der Waals surface area contributed by atoms with E-state index in [2.05, 4.69) is 22.9 Å². The molecule has 1 aromatic carbocycles. The highest BCUT2D eigenvalue weighted by Crippen LogP contribution is 2.28. The number of nitrogens with one attached hydrogen (secondary N) is 2. The van der Waals surface area contributed by atoms with Crippen LogP contribution in [0, 0.1) is 5.41 Å². The van der Waals surface area contributed by atoms with Crippen LogP contribution >= 0.6 is 0 Å². The molecule has 0 saturated carbocycles. The molecule has 0 radical (unpaired) electrons. The molecule has 3 N–H and O–H groups in total. The van der Waals surface area contributed by atoms with Gasteiger partial charge in [0.1, 0.15) is 0 Å². The molecule has 1 heterocycles. The van der Waals surface area contributed by atoms with E-state index in [4.69, 9.17) is 0 Å². The second-order valence-electron chi connectivity index (χ2n) is 6.04. The third-order valence-corrected chi connectivity index (χ3v) is 4.69. The van der Waals surface area contributed by atoms with E-state index >= 15 is 0 Å². The Morgan fingerprint density at radius 2 is 2.22 bits per heavy atom. The molecule has 0 bridgehead atoms. The number of aromatic amines is 1. The zero-order valence-corrected chi connectivity index (χ0v) is 13.8. The Bertz CT molecular complexity index is 656. The minimum absolute atomic E-state index is 0.0259. The van der Waals surface area contributed by atoms with Crippen molar-refractivity contribution in [3.8, 4) is 0 Å². The second kappa shape index (κ2) is 7.97. The molecule has 1 amide bonds. The van der Waals surface area contributed by atoms with Crippen molar-refractivity contribution in [3.63, 3.8) is 0 Å². The number of carbonyl (C=O) groups excluding carboxylic acids is 1. The highest BCUT2D eigenvalue weighted by atomic mass is 16.3. The summed E-state index contributed by atoms with van der Waals surface area (Å²) in [6.45, 7) is 6.44. The van der Waals surface area contributed by atoms with Crippen molar-refractivity contribution >= 4 is 16.8 Å². The molecule has 0 fully saturated rings. The Labute approximate surface area is 137 Å². The molecular formula is C19H26N2O2. The van der Waals surface area contributed by atoms with Crippen molar-refractivity contribution in [1.29, 1.82) is 0 Å². The lowest BCUT2D eigenvalue weighted by atomic mass is 9.81. The molecular weight excluding hydrogens is 288 g/mol. The first-order valence-electron chi connectivity index (χ1n) is 8.20. The monoisotopic (exact) mass is 314 g/mol. The molecule has 0 spiro atoms. The summed E-state index contributed by atoms with van der Waals surface area (Å²) < 4.78 is 0. The fourth-order valence-electron chi connectivity index (χ4n) is 2.80. The van der Waals surface area contributed by atoms with Crippen LogP contribution in [0.15, 0.2) is 43.1 Å². The van der Waals surface area contributed by atoms with Gasteiger partial charge in [0.15, 0.2) is 0 Å². The van der Waals surface area contributed by atoms with Crippen molar-refractivity contribution in [1.82, 2.24) is 10.3 Å². The van der Waals surface area contributed by atoms with Gasteiger partial charge in [-0.25, -0.2) is 0 Å². The maximum atomic E-state index is 12.0. The lowest BCUT2D eigenvalue weighted by Crippen LogP contribution is -2.29. The number of aromatic nitrogens is 1. The van der Waals surface area contributed by atoms with Crippen LogP contribution in [0.5, 0.6) is 0 Å². The highest BCUT2D eigenvalue weighted by molar-refractivity contribution is 5.83. The first kappa shape index (κ1) is 17.3. The number of rotatable bonds is 9. The van der Waals surface area contributed by atoms with E-state index in [0.717, 1.165) is 18.4 Å². The van der Waals surface area contributed by atoms with Crippen LogP contribution in [0.1, 0.15) is 31.7 Å². The highest BCUT2D eigenvalue weighted by Gasteiger charge is 2.24. The molecule has 0 unspecified atom stereocenters. The van der Waals surface area contributed by atoms with Gasteiger partial charge in [0.05, 0.1) is 6.61 Å². The van der Waals surface area contributed by atoms with Crippen molar-refractivity contribution < 1.29 is 9.90 Å². The van der Waals surface area contributed by atoms with Crippen molar-refractivity contribution in [2.45, 2.75) is 32.6 Å². The molecule has 1 atom stereocenters. The van der Waals surface area contributed by atoms with Gasteiger partial charge in [-0.3, -0.25) is 4.79 Å². The van der Waals surface area contributed by atoms with E-state index in [0.29, 0.717) is 19.4 Å². The molecule has 2 rings (SSSR count). The van der Waals surface area contributed by atoms with Gasteiger partial charge in [-0.15, -0.1) is 6.58 Å². The van der Waals surface area contributed by atoms with E-state index in [1.165, 1.54) is 10.9 Å². The summed E-state index contributed by atoms with van der Waals surface area (Å²) in [5.41, 5.74) is 1.99. The summed E-state index contributed by atoms with van der Waals surface area (Å²) >= 11 is 0. The van der Waals surface area contributed by atoms with Gasteiger partial charge in [0, 0.05) is 35.5 Å². The molecule has 2 aromatic rings. The van der Waals surface area contributed by atoms with Crippen molar-refractivity contribution in [2.24, 2.45) is 5.41 Å². The lowest BCUT2D eigenvalue weighted by Gasteiger charge is -2.26. The van der Waals surface area contributed by atoms with Crippen LogP contribution in [-0.4, -0.2) is 29.1 Å². The van der Waals surface area contributed by atoms with E-state index in [-0.39, 0.29) is 17.9 Å². The Hall–Kier alpha value is -2.07. The maximum absolute atomic E-state index is 12.0. The standard InChI is InChI=1S/C19H26N2O2/c1-3-19(4-2,14-22)11-9-18(23)20-12-10-15-13-21-17-8-6-5-7-16(15)17/h3,5-8,13,21-22H,1,4,9-12,14H2,2H3,(H,20,23)/t19-/m0/s1. The van der Waals surface area contributed by atoms with Gasteiger partial charge >= 0.3 is 0 Å². The average molecular weight is 314 g/mol. The number of para-hydroxylation sites is 1. The Morgan fingerprint density at radius 1 is 1.43 bits per heavy atom. The number of aliphatic hydroxyl groups is 1. The summed E-state index contributed by atoms with van der Waals surface area (Å²) in [6, 6.07) is 8.16. The fourth-order valence-corrected chi connectivity index (χ4v) is 2.80. The predicted octanol–water partition coefficient (Wildman–Crippen LogP) is 3.18. The minimum Gasteiger partial charge on any atom is -0.395 e. The molecule has 4 heteroatoms.